The van der Waals surface area contributed by atoms with Crippen molar-refractivity contribution in [2.45, 2.75) is 0 Å². The molecule has 0 spiro atoms. The third-order valence-electron chi connectivity index (χ3n) is 3.37. The Kier molecular flexibility index (Phi) is 2.67. The van der Waals surface area contributed by atoms with Gasteiger partial charge in [0.2, 0.25) is 5.95 Å². The van der Waals surface area contributed by atoms with E-state index in [-0.39, 0.29) is 17.3 Å². The van der Waals surface area contributed by atoms with Crippen LogP contribution in [-0.2, 0) is 0 Å². The molecule has 0 radical (unpaired) electrons. The van der Waals surface area contributed by atoms with Crippen molar-refractivity contribution in [2.75, 3.05) is 0 Å². The highest BCUT2D eigenvalue weighted by Crippen LogP contribution is 2.21. The standard InChI is InChI=1S/C14H9N5O4/c20-12-11-8-3-4-15-9(8)1-2-10(11)17-13(18-12)19-6-7(5-16-19)23-14(21)22/h1-6,15H,(H,21,22)(H,17,18,20). The van der Waals surface area contributed by atoms with Gasteiger partial charge in [-0.25, -0.2) is 14.5 Å². The van der Waals surface area contributed by atoms with Crippen LogP contribution in [-0.4, -0.2) is 36.0 Å². The van der Waals surface area contributed by atoms with Crippen molar-refractivity contribution >= 4 is 28.0 Å². The molecule has 0 atom stereocenters. The maximum Gasteiger partial charge on any atom is 0.511 e. The Labute approximate surface area is 127 Å². The minimum atomic E-state index is -1.45. The molecule has 1 aromatic carbocycles. The second-order valence-corrected chi connectivity index (χ2v) is 4.78. The number of benzene rings is 1. The molecule has 3 aromatic heterocycles. The molecule has 0 bridgehead atoms. The quantitative estimate of drug-likeness (QED) is 0.483. The van der Waals surface area contributed by atoms with Crippen molar-refractivity contribution in [3.05, 3.63) is 47.1 Å². The number of hydrogen-bond donors (Lipinski definition) is 3. The van der Waals surface area contributed by atoms with E-state index in [1.807, 2.05) is 6.07 Å². The molecule has 9 nitrogen and oxygen atoms in total. The highest BCUT2D eigenvalue weighted by molar-refractivity contribution is 6.04. The first kappa shape index (κ1) is 13.1. The smallest absolute Gasteiger partial charge is 0.449 e. The number of H-pyrrole nitrogens is 2. The van der Waals surface area contributed by atoms with Crippen LogP contribution in [0, 0.1) is 0 Å². The van der Waals surface area contributed by atoms with Gasteiger partial charge in [-0.1, -0.05) is 0 Å². The van der Waals surface area contributed by atoms with Gasteiger partial charge in [0.05, 0.1) is 23.3 Å². The number of nitrogens with one attached hydrogen (secondary N) is 2. The molecule has 4 aromatic rings. The second kappa shape index (κ2) is 4.70. The highest BCUT2D eigenvalue weighted by atomic mass is 16.7. The summed E-state index contributed by atoms with van der Waals surface area (Å²) >= 11 is 0. The average Bonchev–Trinajstić information content (AvgIpc) is 3.14. The largest absolute Gasteiger partial charge is 0.511 e. The number of rotatable bonds is 2. The predicted octanol–water partition coefficient (Wildman–Crippen LogP) is 1.65. The number of aromatic nitrogens is 5. The van der Waals surface area contributed by atoms with Gasteiger partial charge in [-0.3, -0.25) is 9.78 Å². The lowest BCUT2D eigenvalue weighted by molar-refractivity contribution is 0.144. The summed E-state index contributed by atoms with van der Waals surface area (Å²) in [6.07, 6.45) is 2.83. The monoisotopic (exact) mass is 311 g/mol. The number of fused-ring (bicyclic) bond motifs is 3. The second-order valence-electron chi connectivity index (χ2n) is 4.78. The van der Waals surface area contributed by atoms with E-state index in [1.165, 1.54) is 17.1 Å². The third-order valence-corrected chi connectivity index (χ3v) is 3.37. The number of carbonyl (C=O) groups is 1. The summed E-state index contributed by atoms with van der Waals surface area (Å²) in [6.45, 7) is 0. The Hall–Kier alpha value is -3.62. The molecule has 23 heavy (non-hydrogen) atoms. The molecule has 9 heteroatoms. The van der Waals surface area contributed by atoms with Crippen LogP contribution in [0.4, 0.5) is 4.79 Å². The Bertz CT molecular complexity index is 1110. The fraction of sp³-hybridized carbons (Fsp3) is 0. The van der Waals surface area contributed by atoms with Crippen molar-refractivity contribution in [1.82, 2.24) is 24.7 Å². The van der Waals surface area contributed by atoms with Crippen LogP contribution in [0.3, 0.4) is 0 Å². The van der Waals surface area contributed by atoms with Gasteiger partial charge in [-0.15, -0.1) is 0 Å². The molecular weight excluding hydrogens is 302 g/mol. The van der Waals surface area contributed by atoms with Gasteiger partial charge in [0.15, 0.2) is 5.75 Å². The normalized spacial score (nSPS) is 11.1. The van der Waals surface area contributed by atoms with E-state index in [0.29, 0.717) is 10.9 Å². The molecule has 0 aliphatic carbocycles. The zero-order valence-electron chi connectivity index (χ0n) is 11.5. The van der Waals surface area contributed by atoms with Crippen LogP contribution in [0.15, 0.2) is 41.6 Å². The van der Waals surface area contributed by atoms with Gasteiger partial charge in [-0.2, -0.15) is 5.10 Å². The van der Waals surface area contributed by atoms with Crippen molar-refractivity contribution in [3.8, 4) is 11.7 Å². The first-order valence-electron chi connectivity index (χ1n) is 6.58. The fourth-order valence-electron chi connectivity index (χ4n) is 2.44. The number of ether oxygens (including phenoxy) is 1. The molecule has 0 amide bonds. The minimum Gasteiger partial charge on any atom is -0.449 e. The van der Waals surface area contributed by atoms with Crippen molar-refractivity contribution < 1.29 is 14.6 Å². The maximum atomic E-state index is 12.4. The van der Waals surface area contributed by atoms with Gasteiger partial charge in [0.25, 0.3) is 5.56 Å². The lowest BCUT2D eigenvalue weighted by atomic mass is 10.1. The average molecular weight is 311 g/mol. The Morgan fingerprint density at radius 1 is 1.30 bits per heavy atom. The van der Waals surface area contributed by atoms with Crippen molar-refractivity contribution in [2.24, 2.45) is 0 Å². The zero-order chi connectivity index (χ0) is 16.0. The highest BCUT2D eigenvalue weighted by Gasteiger charge is 2.11. The van der Waals surface area contributed by atoms with E-state index in [2.05, 4.69) is 24.8 Å². The van der Waals surface area contributed by atoms with E-state index in [9.17, 15) is 9.59 Å². The molecule has 3 N–H and O–H groups in total. The lowest BCUT2D eigenvalue weighted by Crippen LogP contribution is -2.14. The lowest BCUT2D eigenvalue weighted by Gasteiger charge is -2.03. The molecule has 4 rings (SSSR count). The van der Waals surface area contributed by atoms with Gasteiger partial charge in [-0.05, 0) is 18.2 Å². The SMILES string of the molecule is O=C(O)Oc1cnn(-c2nc3ccc4[nH]ccc4c3c(=O)[nH]2)c1. The van der Waals surface area contributed by atoms with Crippen LogP contribution < -0.4 is 10.3 Å². The molecule has 0 saturated carbocycles. The van der Waals surface area contributed by atoms with E-state index in [4.69, 9.17) is 5.11 Å². The Morgan fingerprint density at radius 3 is 3.00 bits per heavy atom. The molecule has 114 valence electrons. The molecule has 3 heterocycles. The fourth-order valence-corrected chi connectivity index (χ4v) is 2.44. The van der Waals surface area contributed by atoms with Crippen LogP contribution in [0.25, 0.3) is 27.8 Å². The molecule has 0 fully saturated rings. The predicted molar refractivity (Wildman–Crippen MR) is 80.0 cm³/mol. The molecule has 0 aliphatic rings. The van der Waals surface area contributed by atoms with E-state index >= 15 is 0 Å². The van der Waals surface area contributed by atoms with Crippen LogP contribution in [0.1, 0.15) is 0 Å². The number of carboxylic acid groups (broad SMARTS) is 1. The van der Waals surface area contributed by atoms with Gasteiger partial charge >= 0.3 is 6.16 Å². The summed E-state index contributed by atoms with van der Waals surface area (Å²) < 4.78 is 5.73. The summed E-state index contributed by atoms with van der Waals surface area (Å²) in [6, 6.07) is 5.36. The summed E-state index contributed by atoms with van der Waals surface area (Å²) in [4.78, 5) is 32.9. The Balaban J connectivity index is 1.88. The number of nitrogens with zero attached hydrogens (tertiary/aromatic N) is 3. The molecule has 0 aliphatic heterocycles. The topological polar surface area (TPSA) is 126 Å². The Morgan fingerprint density at radius 2 is 2.17 bits per heavy atom. The maximum absolute atomic E-state index is 12.4. The van der Waals surface area contributed by atoms with Gasteiger partial charge in [0.1, 0.15) is 0 Å². The summed E-state index contributed by atoms with van der Waals surface area (Å²) in [5.74, 6) is 0.193. The summed E-state index contributed by atoms with van der Waals surface area (Å²) in [5, 5.41) is 13.8. The van der Waals surface area contributed by atoms with E-state index < -0.39 is 6.16 Å². The van der Waals surface area contributed by atoms with Crippen molar-refractivity contribution in [1.29, 1.82) is 0 Å². The van der Waals surface area contributed by atoms with Gasteiger partial charge < -0.3 is 14.8 Å². The number of aromatic amines is 2. The molecular formula is C14H9N5O4. The van der Waals surface area contributed by atoms with Gasteiger partial charge in [0, 0.05) is 17.1 Å². The van der Waals surface area contributed by atoms with Crippen LogP contribution in [0.5, 0.6) is 5.75 Å². The first-order valence-corrected chi connectivity index (χ1v) is 6.58. The van der Waals surface area contributed by atoms with E-state index in [1.54, 1.807) is 18.3 Å². The minimum absolute atomic E-state index is 0.0290. The first-order chi connectivity index (χ1) is 11.1. The summed E-state index contributed by atoms with van der Waals surface area (Å²) in [5.41, 5.74) is 1.03. The molecule has 0 saturated heterocycles. The molecule has 0 unspecified atom stereocenters. The number of hydrogen-bond acceptors (Lipinski definition) is 5. The third kappa shape index (κ3) is 2.11. The van der Waals surface area contributed by atoms with Crippen LogP contribution in [0.2, 0.25) is 0 Å². The van der Waals surface area contributed by atoms with Crippen molar-refractivity contribution in [3.63, 3.8) is 0 Å². The van der Waals surface area contributed by atoms with E-state index in [0.717, 1.165) is 10.9 Å². The summed E-state index contributed by atoms with van der Waals surface area (Å²) in [7, 11) is 0. The zero-order valence-corrected chi connectivity index (χ0v) is 11.5. The van der Waals surface area contributed by atoms with Crippen LogP contribution >= 0.6 is 0 Å².